The minimum atomic E-state index is -3.91. The van der Waals surface area contributed by atoms with Gasteiger partial charge in [0, 0.05) is 24.6 Å². The lowest BCUT2D eigenvalue weighted by molar-refractivity contribution is 0.102. The van der Waals surface area contributed by atoms with Crippen LogP contribution in [0, 0.1) is 5.82 Å². The molecule has 3 N–H and O–H groups in total. The number of benzene rings is 2. The smallest absolute Gasteiger partial charge is 0.322 e. The Morgan fingerprint density at radius 1 is 1.03 bits per heavy atom. The number of hydrogen-bond acceptors (Lipinski definition) is 6. The van der Waals surface area contributed by atoms with E-state index in [1.54, 1.807) is 0 Å². The first-order chi connectivity index (χ1) is 15.6. The number of carbonyl (C=O) groups is 1. The SMILES string of the molecule is Cn1c(=O)[nH]c(=O)c2cc(C(=O)Nc3ccc(NS(=O)(=O)c4ccc(F)cc4)cc3)cnc21. The zero-order chi connectivity index (χ0) is 23.8. The molecule has 2 aromatic carbocycles. The average Bonchev–Trinajstić information content (AvgIpc) is 2.78. The molecule has 0 spiro atoms. The van der Waals surface area contributed by atoms with Crippen LogP contribution in [0.5, 0.6) is 0 Å². The maximum Gasteiger partial charge on any atom is 0.329 e. The van der Waals surface area contributed by atoms with Gasteiger partial charge in [-0.15, -0.1) is 0 Å². The molecule has 4 aromatic rings. The van der Waals surface area contributed by atoms with Gasteiger partial charge in [0.2, 0.25) is 0 Å². The maximum absolute atomic E-state index is 13.0. The molecule has 4 rings (SSSR count). The monoisotopic (exact) mass is 469 g/mol. The number of nitrogens with one attached hydrogen (secondary N) is 3. The van der Waals surface area contributed by atoms with Gasteiger partial charge in [-0.2, -0.15) is 0 Å². The Bertz CT molecular complexity index is 1590. The lowest BCUT2D eigenvalue weighted by Gasteiger charge is -2.10. The molecule has 0 aliphatic rings. The topological polar surface area (TPSA) is 143 Å². The lowest BCUT2D eigenvalue weighted by Crippen LogP contribution is -2.29. The van der Waals surface area contributed by atoms with Crippen LogP contribution in [-0.2, 0) is 17.1 Å². The van der Waals surface area contributed by atoms with E-state index in [9.17, 15) is 27.2 Å². The highest BCUT2D eigenvalue weighted by Gasteiger charge is 2.15. The molecule has 33 heavy (non-hydrogen) atoms. The van der Waals surface area contributed by atoms with Gasteiger partial charge in [-0.1, -0.05) is 0 Å². The minimum absolute atomic E-state index is 0.0790. The van der Waals surface area contributed by atoms with E-state index in [2.05, 4.69) is 20.0 Å². The molecule has 10 nitrogen and oxygen atoms in total. The van der Waals surface area contributed by atoms with Crippen LogP contribution in [-0.4, -0.2) is 28.9 Å². The Hall–Kier alpha value is -4.32. The first kappa shape index (κ1) is 21.9. The highest BCUT2D eigenvalue weighted by molar-refractivity contribution is 7.92. The number of sulfonamides is 1. The Morgan fingerprint density at radius 2 is 1.67 bits per heavy atom. The van der Waals surface area contributed by atoms with Crippen LogP contribution >= 0.6 is 0 Å². The number of pyridine rings is 1. The Balaban J connectivity index is 1.51. The van der Waals surface area contributed by atoms with Crippen molar-refractivity contribution in [2.75, 3.05) is 10.0 Å². The first-order valence-electron chi connectivity index (χ1n) is 9.43. The van der Waals surface area contributed by atoms with Crippen molar-refractivity contribution in [3.8, 4) is 0 Å². The summed E-state index contributed by atoms with van der Waals surface area (Å²) in [6.07, 6.45) is 1.24. The van der Waals surface area contributed by atoms with Crippen molar-refractivity contribution < 1.29 is 17.6 Å². The van der Waals surface area contributed by atoms with E-state index in [4.69, 9.17) is 0 Å². The second-order valence-corrected chi connectivity index (χ2v) is 8.69. The molecule has 0 aliphatic heterocycles. The number of aryl methyl sites for hydroxylation is 1. The van der Waals surface area contributed by atoms with Crippen molar-refractivity contribution in [3.63, 3.8) is 0 Å². The number of rotatable bonds is 5. The standard InChI is InChI=1S/C21H16FN5O5S/c1-27-18-17(20(29)25-21(27)30)10-12(11-23-18)19(28)24-14-4-6-15(7-5-14)26-33(31,32)16-8-2-13(22)3-9-16/h2-11,26H,1H3,(H,24,28)(H,25,29,30). The van der Waals surface area contributed by atoms with E-state index in [1.165, 1.54) is 43.6 Å². The molecule has 0 radical (unpaired) electrons. The van der Waals surface area contributed by atoms with Gasteiger partial charge in [0.1, 0.15) is 11.5 Å². The van der Waals surface area contributed by atoms with Crippen LogP contribution in [0.3, 0.4) is 0 Å². The van der Waals surface area contributed by atoms with Gasteiger partial charge in [0.05, 0.1) is 15.8 Å². The van der Waals surface area contributed by atoms with Gasteiger partial charge in [0.25, 0.3) is 21.5 Å². The predicted octanol–water partition coefficient (Wildman–Crippen LogP) is 1.81. The van der Waals surface area contributed by atoms with Gasteiger partial charge < -0.3 is 5.32 Å². The fraction of sp³-hybridized carbons (Fsp3) is 0.0476. The number of H-pyrrole nitrogens is 1. The molecule has 2 aromatic heterocycles. The number of carbonyl (C=O) groups excluding carboxylic acids is 1. The molecule has 0 atom stereocenters. The summed E-state index contributed by atoms with van der Waals surface area (Å²) < 4.78 is 41.3. The summed E-state index contributed by atoms with van der Waals surface area (Å²) in [5, 5.41) is 2.70. The van der Waals surface area contributed by atoms with Crippen LogP contribution in [0.25, 0.3) is 11.0 Å². The Kier molecular flexibility index (Phi) is 5.52. The first-order valence-corrected chi connectivity index (χ1v) is 10.9. The number of amides is 1. The highest BCUT2D eigenvalue weighted by Crippen LogP contribution is 2.19. The Morgan fingerprint density at radius 3 is 2.33 bits per heavy atom. The third-order valence-corrected chi connectivity index (χ3v) is 6.13. The fourth-order valence-electron chi connectivity index (χ4n) is 3.01. The van der Waals surface area contributed by atoms with Crippen molar-refractivity contribution in [3.05, 3.63) is 93.0 Å². The number of anilines is 2. The normalized spacial score (nSPS) is 11.3. The summed E-state index contributed by atoms with van der Waals surface area (Å²) in [7, 11) is -2.47. The van der Waals surface area contributed by atoms with Gasteiger partial charge >= 0.3 is 5.69 Å². The summed E-state index contributed by atoms with van der Waals surface area (Å²) in [6.45, 7) is 0. The van der Waals surface area contributed by atoms with Crippen molar-refractivity contribution in [1.82, 2.24) is 14.5 Å². The highest BCUT2D eigenvalue weighted by atomic mass is 32.2. The number of fused-ring (bicyclic) bond motifs is 1. The van der Waals surface area contributed by atoms with Crippen LogP contribution in [0.1, 0.15) is 10.4 Å². The fourth-order valence-corrected chi connectivity index (χ4v) is 4.07. The predicted molar refractivity (Wildman–Crippen MR) is 119 cm³/mol. The van der Waals surface area contributed by atoms with Crippen LogP contribution in [0.4, 0.5) is 15.8 Å². The van der Waals surface area contributed by atoms with Crippen molar-refractivity contribution in [2.24, 2.45) is 7.05 Å². The molecule has 168 valence electrons. The zero-order valence-corrected chi connectivity index (χ0v) is 17.8. The lowest BCUT2D eigenvalue weighted by atomic mass is 10.2. The number of aromatic amines is 1. The minimum Gasteiger partial charge on any atom is -0.322 e. The zero-order valence-electron chi connectivity index (χ0n) is 17.0. The van der Waals surface area contributed by atoms with Gasteiger partial charge in [0.15, 0.2) is 0 Å². The number of nitrogens with zero attached hydrogens (tertiary/aromatic N) is 2. The maximum atomic E-state index is 13.0. The van der Waals surface area contributed by atoms with Gasteiger partial charge in [-0.25, -0.2) is 22.6 Å². The molecule has 0 bridgehead atoms. The van der Waals surface area contributed by atoms with E-state index in [1.807, 2.05) is 0 Å². The van der Waals surface area contributed by atoms with Crippen molar-refractivity contribution in [1.29, 1.82) is 0 Å². The summed E-state index contributed by atoms with van der Waals surface area (Å²) in [4.78, 5) is 42.3. The molecule has 0 saturated carbocycles. The van der Waals surface area contributed by atoms with Crippen LogP contribution < -0.4 is 21.3 Å². The molecular formula is C21H16FN5O5S. The molecule has 0 fully saturated rings. The van der Waals surface area contributed by atoms with Crippen molar-refractivity contribution >= 4 is 38.3 Å². The van der Waals surface area contributed by atoms with E-state index in [-0.39, 0.29) is 27.2 Å². The average molecular weight is 469 g/mol. The van der Waals surface area contributed by atoms with Gasteiger partial charge in [-0.05, 0) is 54.6 Å². The third kappa shape index (κ3) is 4.50. The van der Waals surface area contributed by atoms with Crippen molar-refractivity contribution in [2.45, 2.75) is 4.90 Å². The summed E-state index contributed by atoms with van der Waals surface area (Å²) >= 11 is 0. The largest absolute Gasteiger partial charge is 0.329 e. The molecule has 0 unspecified atom stereocenters. The second-order valence-electron chi connectivity index (χ2n) is 7.00. The second kappa shape index (κ2) is 8.31. The summed E-state index contributed by atoms with van der Waals surface area (Å²) in [5.74, 6) is -1.11. The number of halogens is 1. The summed E-state index contributed by atoms with van der Waals surface area (Å²) in [6, 6.07) is 11.5. The number of aromatic nitrogens is 3. The molecule has 12 heteroatoms. The third-order valence-electron chi connectivity index (χ3n) is 4.74. The molecular weight excluding hydrogens is 453 g/mol. The van der Waals surface area contributed by atoms with E-state index >= 15 is 0 Å². The number of hydrogen-bond donors (Lipinski definition) is 3. The van der Waals surface area contributed by atoms with Gasteiger partial charge in [-0.3, -0.25) is 23.9 Å². The van der Waals surface area contributed by atoms with E-state index < -0.39 is 33.0 Å². The molecule has 0 saturated heterocycles. The quantitative estimate of drug-likeness (QED) is 0.407. The Labute approximate surface area is 185 Å². The molecule has 2 heterocycles. The molecule has 1 amide bonds. The summed E-state index contributed by atoms with van der Waals surface area (Å²) in [5.41, 5.74) is -0.456. The van der Waals surface area contributed by atoms with E-state index in [0.29, 0.717) is 5.69 Å². The van der Waals surface area contributed by atoms with Crippen LogP contribution in [0.15, 0.2) is 75.3 Å². The molecule has 0 aliphatic carbocycles. The van der Waals surface area contributed by atoms with Crippen LogP contribution in [0.2, 0.25) is 0 Å². The van der Waals surface area contributed by atoms with E-state index in [0.717, 1.165) is 28.8 Å².